The first-order valence-corrected chi connectivity index (χ1v) is 11.8. The number of anilines is 3. The van der Waals surface area contributed by atoms with E-state index >= 15 is 0 Å². The number of halogens is 3. The van der Waals surface area contributed by atoms with Gasteiger partial charge in [-0.1, -0.05) is 32.0 Å². The molecule has 1 unspecified atom stereocenters. The number of aromatic nitrogens is 2. The molecule has 2 aromatic heterocycles. The van der Waals surface area contributed by atoms with Crippen LogP contribution in [0.15, 0.2) is 71.8 Å². The zero-order valence-electron chi connectivity index (χ0n) is 18.4. The maximum absolute atomic E-state index is 13.9. The predicted molar refractivity (Wildman–Crippen MR) is 127 cm³/mol. The Morgan fingerprint density at radius 3 is 2.50 bits per heavy atom. The van der Waals surface area contributed by atoms with Gasteiger partial charge in [0.05, 0.1) is 28.3 Å². The van der Waals surface area contributed by atoms with E-state index in [2.05, 4.69) is 29.1 Å². The molecule has 0 saturated heterocycles. The third kappa shape index (κ3) is 4.00. The first-order valence-electron chi connectivity index (χ1n) is 10.7. The molecule has 174 valence electrons. The number of benzene rings is 2. The maximum atomic E-state index is 13.9. The van der Waals surface area contributed by atoms with E-state index < -0.39 is 22.9 Å². The predicted octanol–water partition coefficient (Wildman–Crippen LogP) is 6.56. The van der Waals surface area contributed by atoms with Crippen LogP contribution in [0.2, 0.25) is 0 Å². The molecule has 2 aromatic carbocycles. The number of rotatable bonds is 3. The minimum Gasteiger partial charge on any atom is -0.338 e. The molecule has 0 saturated carbocycles. The molecule has 3 heterocycles. The van der Waals surface area contributed by atoms with Crippen molar-refractivity contribution in [3.63, 3.8) is 0 Å². The van der Waals surface area contributed by atoms with E-state index in [1.807, 2.05) is 30.3 Å². The Morgan fingerprint density at radius 1 is 1.03 bits per heavy atom. The Balaban J connectivity index is 1.67. The monoisotopic (exact) mass is 482 g/mol. The Bertz CT molecular complexity index is 1400. The van der Waals surface area contributed by atoms with E-state index in [1.54, 1.807) is 28.7 Å². The summed E-state index contributed by atoms with van der Waals surface area (Å²) in [7, 11) is -1.63. The average molecular weight is 483 g/mol. The van der Waals surface area contributed by atoms with Crippen LogP contribution >= 0.6 is 0 Å². The van der Waals surface area contributed by atoms with Gasteiger partial charge < -0.3 is 5.32 Å². The second kappa shape index (κ2) is 8.39. The molecule has 34 heavy (non-hydrogen) atoms. The molecule has 9 heteroatoms. The molecule has 0 fully saturated rings. The van der Waals surface area contributed by atoms with E-state index in [0.29, 0.717) is 33.3 Å². The molecule has 1 N–H and O–H groups in total. The molecule has 0 amide bonds. The molecule has 5 rings (SSSR count). The van der Waals surface area contributed by atoms with Crippen molar-refractivity contribution in [2.75, 3.05) is 9.62 Å². The lowest BCUT2D eigenvalue weighted by atomic mass is 10.0. The van der Waals surface area contributed by atoms with Crippen LogP contribution in [-0.2, 0) is 23.7 Å². The standard InChI is InChI=1S/C25H21F3N4OS/c1-15(2)16-5-8-18(9-6-16)34(33)32-14-17-7-12-22(25(26,27)28)31-24(17)30-21-11-10-20-19(23(21)32)4-3-13-29-20/h3-13,15H,14H2,1-2H3,(H,30,31). The van der Waals surface area contributed by atoms with Crippen LogP contribution in [0.3, 0.4) is 0 Å². The Hall–Kier alpha value is -3.46. The van der Waals surface area contributed by atoms with Crippen LogP contribution in [0.25, 0.3) is 10.9 Å². The zero-order chi connectivity index (χ0) is 24.0. The van der Waals surface area contributed by atoms with Crippen LogP contribution in [-0.4, -0.2) is 14.2 Å². The number of nitrogens with zero attached hydrogens (tertiary/aromatic N) is 3. The van der Waals surface area contributed by atoms with Crippen molar-refractivity contribution in [3.8, 4) is 0 Å². The summed E-state index contributed by atoms with van der Waals surface area (Å²) in [4.78, 5) is 8.84. The molecule has 1 aliphatic rings. The van der Waals surface area contributed by atoms with E-state index in [4.69, 9.17) is 0 Å². The molecule has 1 atom stereocenters. The summed E-state index contributed by atoms with van der Waals surface area (Å²) in [6.07, 6.45) is -2.91. The van der Waals surface area contributed by atoms with E-state index in [0.717, 1.165) is 17.0 Å². The fourth-order valence-electron chi connectivity index (χ4n) is 3.99. The molecule has 1 aliphatic heterocycles. The quantitative estimate of drug-likeness (QED) is 0.359. The molecule has 0 bridgehead atoms. The molecule has 0 spiro atoms. The fourth-order valence-corrected chi connectivity index (χ4v) is 5.23. The Morgan fingerprint density at radius 2 is 1.79 bits per heavy atom. The van der Waals surface area contributed by atoms with Gasteiger partial charge in [-0.25, -0.2) is 9.19 Å². The van der Waals surface area contributed by atoms with Crippen molar-refractivity contribution < 1.29 is 17.4 Å². The minimum atomic E-state index is -4.57. The molecule has 5 nitrogen and oxygen atoms in total. The van der Waals surface area contributed by atoms with Crippen molar-refractivity contribution >= 4 is 39.1 Å². The van der Waals surface area contributed by atoms with E-state index in [-0.39, 0.29) is 12.4 Å². The molecule has 4 aromatic rings. The SMILES string of the molecule is CC(C)c1ccc(S(=O)N2Cc3ccc(C(F)(F)F)nc3Nc3ccc4ncccc4c32)cc1. The van der Waals surface area contributed by atoms with Crippen LogP contribution in [0, 0.1) is 0 Å². The fraction of sp³-hybridized carbons (Fsp3) is 0.200. The van der Waals surface area contributed by atoms with E-state index in [9.17, 15) is 17.4 Å². The van der Waals surface area contributed by atoms with Gasteiger partial charge in [0.1, 0.15) is 11.5 Å². The van der Waals surface area contributed by atoms with Crippen LogP contribution < -0.4 is 9.62 Å². The second-order valence-corrected chi connectivity index (χ2v) is 9.78. The van der Waals surface area contributed by atoms with Gasteiger partial charge in [0, 0.05) is 17.1 Å². The highest BCUT2D eigenvalue weighted by Crippen LogP contribution is 2.42. The summed E-state index contributed by atoms with van der Waals surface area (Å²) in [6, 6.07) is 17.0. The highest BCUT2D eigenvalue weighted by atomic mass is 32.2. The lowest BCUT2D eigenvalue weighted by Gasteiger charge is -2.25. The van der Waals surface area contributed by atoms with Gasteiger partial charge in [-0.05, 0) is 53.9 Å². The molecule has 0 aliphatic carbocycles. The van der Waals surface area contributed by atoms with Gasteiger partial charge in [-0.2, -0.15) is 13.2 Å². The van der Waals surface area contributed by atoms with Crippen molar-refractivity contribution in [2.45, 2.75) is 37.4 Å². The number of alkyl halides is 3. The van der Waals surface area contributed by atoms with Gasteiger partial charge in [-0.15, -0.1) is 0 Å². The highest BCUT2D eigenvalue weighted by molar-refractivity contribution is 7.86. The van der Waals surface area contributed by atoms with Gasteiger partial charge in [-0.3, -0.25) is 9.29 Å². The molecular weight excluding hydrogens is 461 g/mol. The van der Waals surface area contributed by atoms with Crippen molar-refractivity contribution in [3.05, 3.63) is 83.7 Å². The summed E-state index contributed by atoms with van der Waals surface area (Å²) in [6.45, 7) is 4.27. The summed E-state index contributed by atoms with van der Waals surface area (Å²) in [5.41, 5.74) is 2.45. The summed E-state index contributed by atoms with van der Waals surface area (Å²) >= 11 is 0. The Labute approximate surface area is 197 Å². The van der Waals surface area contributed by atoms with E-state index in [1.165, 1.54) is 6.07 Å². The largest absolute Gasteiger partial charge is 0.433 e. The summed E-state index contributed by atoms with van der Waals surface area (Å²) in [5, 5.41) is 3.79. The zero-order valence-corrected chi connectivity index (χ0v) is 19.2. The minimum absolute atomic E-state index is 0.0916. The second-order valence-electron chi connectivity index (χ2n) is 8.37. The lowest BCUT2D eigenvalue weighted by Crippen LogP contribution is -2.25. The van der Waals surface area contributed by atoms with Crippen molar-refractivity contribution in [1.82, 2.24) is 9.97 Å². The smallest absolute Gasteiger partial charge is 0.338 e. The van der Waals surface area contributed by atoms with Crippen molar-refractivity contribution in [2.24, 2.45) is 0 Å². The van der Waals surface area contributed by atoms with Crippen molar-refractivity contribution in [1.29, 1.82) is 0 Å². The lowest BCUT2D eigenvalue weighted by molar-refractivity contribution is -0.141. The number of hydrogen-bond donors (Lipinski definition) is 1. The van der Waals surface area contributed by atoms with Crippen LogP contribution in [0.5, 0.6) is 0 Å². The van der Waals surface area contributed by atoms with Gasteiger partial charge in [0.15, 0.2) is 11.0 Å². The summed E-state index contributed by atoms with van der Waals surface area (Å²) in [5.74, 6) is 0.426. The van der Waals surface area contributed by atoms with Gasteiger partial charge >= 0.3 is 6.18 Å². The van der Waals surface area contributed by atoms with Gasteiger partial charge in [0.25, 0.3) is 0 Å². The molecular formula is C25H21F3N4OS. The third-order valence-corrected chi connectivity index (χ3v) is 7.18. The van der Waals surface area contributed by atoms with Crippen LogP contribution in [0.1, 0.15) is 36.6 Å². The normalized spacial score (nSPS) is 14.4. The maximum Gasteiger partial charge on any atom is 0.433 e. The number of pyridine rings is 2. The van der Waals surface area contributed by atoms with Crippen LogP contribution in [0.4, 0.5) is 30.4 Å². The van der Waals surface area contributed by atoms with Gasteiger partial charge in [0.2, 0.25) is 0 Å². The highest BCUT2D eigenvalue weighted by Gasteiger charge is 2.34. The number of nitrogens with one attached hydrogen (secondary N) is 1. The summed E-state index contributed by atoms with van der Waals surface area (Å²) < 4.78 is 55.5. The topological polar surface area (TPSA) is 58.1 Å². The third-order valence-electron chi connectivity index (χ3n) is 5.79. The Kier molecular flexibility index (Phi) is 5.51. The first-order chi connectivity index (χ1) is 16.2. The first kappa shape index (κ1) is 22.3. The number of hydrogen-bond acceptors (Lipinski definition) is 4. The molecule has 0 radical (unpaired) electrons. The average Bonchev–Trinajstić information content (AvgIpc) is 2.99. The number of fused-ring (bicyclic) bond motifs is 4.